The molecule has 0 saturated heterocycles. The molecule has 0 aromatic heterocycles. The Bertz CT molecular complexity index is 339. The van der Waals surface area contributed by atoms with Crippen molar-refractivity contribution in [2.45, 2.75) is 44.2 Å². The number of hydrogen-bond acceptors (Lipinski definition) is 4. The lowest BCUT2D eigenvalue weighted by Gasteiger charge is -2.22. The maximum absolute atomic E-state index is 12.1. The van der Waals surface area contributed by atoms with Crippen molar-refractivity contribution < 1.29 is 14.7 Å². The molecular formula is C11H19N3O3. The summed E-state index contributed by atoms with van der Waals surface area (Å²) in [4.78, 5) is 12.1. The molecule has 2 atom stereocenters. The van der Waals surface area contributed by atoms with Gasteiger partial charge in [-0.2, -0.15) is 0 Å². The highest BCUT2D eigenvalue weighted by Crippen LogP contribution is 2.46. The summed E-state index contributed by atoms with van der Waals surface area (Å²) in [5, 5.41) is 14.6. The number of carbonyl (C=O) groups is 1. The minimum absolute atomic E-state index is 0.0157. The van der Waals surface area contributed by atoms with Gasteiger partial charge in [-0.1, -0.05) is 5.16 Å². The molecule has 2 unspecified atom stereocenters. The Balaban J connectivity index is 1.98. The van der Waals surface area contributed by atoms with Crippen molar-refractivity contribution in [1.82, 2.24) is 5.32 Å². The van der Waals surface area contributed by atoms with Gasteiger partial charge in [-0.25, -0.2) is 0 Å². The molecule has 1 amide bonds. The number of carbonyl (C=O) groups excluding carboxylic acids is 1. The molecule has 0 heterocycles. The smallest absolute Gasteiger partial charge is 0.234 e. The molecule has 17 heavy (non-hydrogen) atoms. The number of nitrogens with two attached hydrogens (primary N) is 1. The highest BCUT2D eigenvalue weighted by molar-refractivity contribution is 6.09. The van der Waals surface area contributed by atoms with Crippen LogP contribution in [-0.2, 0) is 9.53 Å². The number of amidine groups is 1. The van der Waals surface area contributed by atoms with Crippen molar-refractivity contribution in [1.29, 1.82) is 0 Å². The maximum atomic E-state index is 12.1. The van der Waals surface area contributed by atoms with E-state index >= 15 is 0 Å². The molecule has 4 N–H and O–H groups in total. The number of oxime groups is 1. The predicted molar refractivity (Wildman–Crippen MR) is 61.7 cm³/mol. The van der Waals surface area contributed by atoms with Gasteiger partial charge in [0.25, 0.3) is 0 Å². The van der Waals surface area contributed by atoms with E-state index in [0.29, 0.717) is 12.8 Å². The lowest BCUT2D eigenvalue weighted by Crippen LogP contribution is -2.47. The molecule has 6 heteroatoms. The Hall–Kier alpha value is -1.30. The summed E-state index contributed by atoms with van der Waals surface area (Å²) in [6.07, 6.45) is 4.34. The van der Waals surface area contributed by atoms with Crippen LogP contribution in [0.1, 0.15) is 32.1 Å². The average molecular weight is 241 g/mol. The highest BCUT2D eigenvalue weighted by Gasteiger charge is 2.54. The van der Waals surface area contributed by atoms with Gasteiger partial charge in [-0.15, -0.1) is 0 Å². The zero-order valence-electron chi connectivity index (χ0n) is 9.98. The first-order chi connectivity index (χ1) is 8.14. The molecular weight excluding hydrogens is 222 g/mol. The predicted octanol–water partition coefficient (Wildman–Crippen LogP) is 0.197. The summed E-state index contributed by atoms with van der Waals surface area (Å²) >= 11 is 0. The highest BCUT2D eigenvalue weighted by atomic mass is 16.5. The van der Waals surface area contributed by atoms with Crippen LogP contribution in [0.5, 0.6) is 0 Å². The molecule has 2 aliphatic carbocycles. The molecule has 0 aliphatic heterocycles. The summed E-state index contributed by atoms with van der Waals surface area (Å²) in [6, 6.07) is 0.0523. The van der Waals surface area contributed by atoms with Gasteiger partial charge in [-0.3, -0.25) is 4.79 Å². The third-order valence-corrected chi connectivity index (χ3v) is 3.85. The second-order valence-corrected chi connectivity index (χ2v) is 4.85. The molecule has 96 valence electrons. The second-order valence-electron chi connectivity index (χ2n) is 4.85. The third-order valence-electron chi connectivity index (χ3n) is 3.85. The van der Waals surface area contributed by atoms with Crippen LogP contribution in [0.15, 0.2) is 5.16 Å². The van der Waals surface area contributed by atoms with E-state index in [0.717, 1.165) is 19.3 Å². The molecule has 2 aliphatic rings. The molecule has 2 saturated carbocycles. The van der Waals surface area contributed by atoms with E-state index in [-0.39, 0.29) is 23.9 Å². The van der Waals surface area contributed by atoms with Crippen LogP contribution in [-0.4, -0.2) is 36.2 Å². The Morgan fingerprint density at radius 1 is 1.53 bits per heavy atom. The van der Waals surface area contributed by atoms with Gasteiger partial charge in [0.15, 0.2) is 5.84 Å². The summed E-state index contributed by atoms with van der Waals surface area (Å²) < 4.78 is 5.32. The number of nitrogens with zero attached hydrogens (tertiary/aromatic N) is 1. The molecule has 6 nitrogen and oxygen atoms in total. The summed E-state index contributed by atoms with van der Waals surface area (Å²) in [5.74, 6) is -0.122. The summed E-state index contributed by atoms with van der Waals surface area (Å²) in [5.41, 5.74) is 4.80. The monoisotopic (exact) mass is 241 g/mol. The van der Waals surface area contributed by atoms with Crippen molar-refractivity contribution in [3.05, 3.63) is 0 Å². The summed E-state index contributed by atoms with van der Waals surface area (Å²) in [6.45, 7) is 0. The first-order valence-corrected chi connectivity index (χ1v) is 5.96. The van der Waals surface area contributed by atoms with Gasteiger partial charge in [0.1, 0.15) is 5.41 Å². The molecule has 0 aromatic rings. The Kier molecular flexibility index (Phi) is 3.24. The number of ether oxygens (including phenoxy) is 1. The van der Waals surface area contributed by atoms with Gasteiger partial charge in [0.2, 0.25) is 5.91 Å². The Morgan fingerprint density at radius 2 is 2.24 bits per heavy atom. The number of hydrogen-bond donors (Lipinski definition) is 3. The van der Waals surface area contributed by atoms with E-state index in [2.05, 4.69) is 10.5 Å². The van der Waals surface area contributed by atoms with Gasteiger partial charge in [-0.05, 0) is 32.1 Å². The van der Waals surface area contributed by atoms with Crippen LogP contribution in [0.4, 0.5) is 0 Å². The fourth-order valence-corrected chi connectivity index (χ4v) is 2.50. The maximum Gasteiger partial charge on any atom is 0.234 e. The van der Waals surface area contributed by atoms with E-state index in [1.807, 2.05) is 0 Å². The number of amides is 1. The van der Waals surface area contributed by atoms with Crippen LogP contribution in [0.2, 0.25) is 0 Å². The van der Waals surface area contributed by atoms with Crippen molar-refractivity contribution in [2.24, 2.45) is 16.3 Å². The standard InChI is InChI=1S/C11H19N3O3/c1-17-8-4-2-3-7(8)13-10(15)11(5-6-11)9(12)14-16/h7-8,16H,2-6H2,1H3,(H2,12,14)(H,13,15). The van der Waals surface area contributed by atoms with Crippen LogP contribution >= 0.6 is 0 Å². The molecule has 2 fully saturated rings. The average Bonchev–Trinajstić information content (AvgIpc) is 3.04. The van der Waals surface area contributed by atoms with Crippen LogP contribution in [0, 0.1) is 5.41 Å². The van der Waals surface area contributed by atoms with E-state index < -0.39 is 5.41 Å². The van der Waals surface area contributed by atoms with Gasteiger partial charge in [0, 0.05) is 7.11 Å². The SMILES string of the molecule is COC1CCCC1NC(=O)C1(C(N)=NO)CC1. The zero-order valence-corrected chi connectivity index (χ0v) is 9.98. The Labute approximate surface area is 100 Å². The van der Waals surface area contributed by atoms with Gasteiger partial charge < -0.3 is 21.0 Å². The van der Waals surface area contributed by atoms with E-state index in [1.165, 1.54) is 0 Å². The second kappa shape index (κ2) is 4.52. The minimum Gasteiger partial charge on any atom is -0.409 e. The van der Waals surface area contributed by atoms with Gasteiger partial charge >= 0.3 is 0 Å². The Morgan fingerprint density at radius 3 is 2.76 bits per heavy atom. The number of rotatable bonds is 4. The van der Waals surface area contributed by atoms with Crippen LogP contribution in [0.25, 0.3) is 0 Å². The quantitative estimate of drug-likeness (QED) is 0.283. The van der Waals surface area contributed by atoms with Crippen LogP contribution < -0.4 is 11.1 Å². The molecule has 0 radical (unpaired) electrons. The number of nitrogens with one attached hydrogen (secondary N) is 1. The lowest BCUT2D eigenvalue weighted by molar-refractivity contribution is -0.125. The topological polar surface area (TPSA) is 96.9 Å². The van der Waals surface area contributed by atoms with Gasteiger partial charge in [0.05, 0.1) is 12.1 Å². The fourth-order valence-electron chi connectivity index (χ4n) is 2.50. The molecule has 0 spiro atoms. The molecule has 0 bridgehead atoms. The molecule has 0 aromatic carbocycles. The van der Waals surface area contributed by atoms with Crippen molar-refractivity contribution >= 4 is 11.7 Å². The molecule has 2 rings (SSSR count). The first-order valence-electron chi connectivity index (χ1n) is 5.96. The largest absolute Gasteiger partial charge is 0.409 e. The number of methoxy groups -OCH3 is 1. The normalized spacial score (nSPS) is 31.2. The van der Waals surface area contributed by atoms with Crippen molar-refractivity contribution in [2.75, 3.05) is 7.11 Å². The first kappa shape index (κ1) is 12.2. The zero-order chi connectivity index (χ0) is 12.5. The third kappa shape index (κ3) is 2.09. The fraction of sp³-hybridized carbons (Fsp3) is 0.818. The van der Waals surface area contributed by atoms with Crippen molar-refractivity contribution in [3.63, 3.8) is 0 Å². The van der Waals surface area contributed by atoms with E-state index in [1.54, 1.807) is 7.11 Å². The lowest BCUT2D eigenvalue weighted by atomic mass is 10.0. The summed E-state index contributed by atoms with van der Waals surface area (Å²) in [7, 11) is 1.66. The van der Waals surface area contributed by atoms with Crippen molar-refractivity contribution in [3.8, 4) is 0 Å². The minimum atomic E-state index is -0.768. The van der Waals surface area contributed by atoms with Crippen LogP contribution in [0.3, 0.4) is 0 Å². The van der Waals surface area contributed by atoms with E-state index in [9.17, 15) is 4.79 Å². The van der Waals surface area contributed by atoms with E-state index in [4.69, 9.17) is 15.7 Å².